The Bertz CT molecular complexity index is 89.0. The molecule has 0 rings (SSSR count). The second-order valence-electron chi connectivity index (χ2n) is 3.65. The minimum atomic E-state index is 0. The van der Waals surface area contributed by atoms with Crippen LogP contribution in [0.3, 0.4) is 0 Å². The SMILES string of the molecule is CN(C)CCCCCCCCO.Cl. The van der Waals surface area contributed by atoms with Crippen LogP contribution in [-0.4, -0.2) is 37.3 Å². The summed E-state index contributed by atoms with van der Waals surface area (Å²) >= 11 is 0. The first kappa shape index (κ1) is 15.7. The number of aliphatic hydroxyl groups is 1. The molecule has 0 amide bonds. The highest BCUT2D eigenvalue weighted by Crippen LogP contribution is 2.04. The second-order valence-corrected chi connectivity index (χ2v) is 3.65. The molecular formula is C10H24ClNO. The Balaban J connectivity index is 0. The Hall–Kier alpha value is 0.210. The topological polar surface area (TPSA) is 23.5 Å². The maximum atomic E-state index is 8.54. The van der Waals surface area contributed by atoms with Gasteiger partial charge in [-0.2, -0.15) is 0 Å². The number of aliphatic hydroxyl groups excluding tert-OH is 1. The van der Waals surface area contributed by atoms with E-state index in [1.165, 1.54) is 38.6 Å². The van der Waals surface area contributed by atoms with Crippen LogP contribution in [0, 0.1) is 0 Å². The van der Waals surface area contributed by atoms with Crippen molar-refractivity contribution in [3.05, 3.63) is 0 Å². The summed E-state index contributed by atoms with van der Waals surface area (Å²) in [5, 5.41) is 8.54. The molecule has 1 N–H and O–H groups in total. The predicted molar refractivity (Wildman–Crippen MR) is 60.6 cm³/mol. The highest BCUT2D eigenvalue weighted by Gasteiger charge is 1.91. The number of rotatable bonds is 8. The monoisotopic (exact) mass is 209 g/mol. The van der Waals surface area contributed by atoms with Gasteiger partial charge in [-0.05, 0) is 33.5 Å². The zero-order chi connectivity index (χ0) is 9.23. The summed E-state index contributed by atoms with van der Waals surface area (Å²) in [6.07, 6.45) is 7.43. The maximum absolute atomic E-state index is 8.54. The van der Waals surface area contributed by atoms with Gasteiger partial charge in [0.15, 0.2) is 0 Å². The van der Waals surface area contributed by atoms with Crippen LogP contribution in [0.4, 0.5) is 0 Å². The average Bonchev–Trinajstić information content (AvgIpc) is 2.02. The zero-order valence-corrected chi connectivity index (χ0v) is 9.78. The van der Waals surface area contributed by atoms with E-state index < -0.39 is 0 Å². The molecule has 0 spiro atoms. The maximum Gasteiger partial charge on any atom is 0.0431 e. The van der Waals surface area contributed by atoms with Crippen LogP contribution in [0.25, 0.3) is 0 Å². The molecule has 0 heterocycles. The van der Waals surface area contributed by atoms with Crippen molar-refractivity contribution in [1.82, 2.24) is 4.90 Å². The predicted octanol–water partition coefficient (Wildman–Crippen LogP) is 2.30. The fourth-order valence-corrected chi connectivity index (χ4v) is 1.25. The number of nitrogens with zero attached hydrogens (tertiary/aromatic N) is 1. The molecule has 0 aliphatic heterocycles. The molecule has 0 aliphatic carbocycles. The fourth-order valence-electron chi connectivity index (χ4n) is 1.25. The largest absolute Gasteiger partial charge is 0.396 e. The molecule has 0 saturated carbocycles. The molecule has 82 valence electrons. The van der Waals surface area contributed by atoms with Gasteiger partial charge in [0.2, 0.25) is 0 Å². The molecule has 0 aromatic carbocycles. The number of hydrogen-bond donors (Lipinski definition) is 1. The van der Waals surface area contributed by atoms with Gasteiger partial charge in [-0.15, -0.1) is 12.4 Å². The van der Waals surface area contributed by atoms with Crippen molar-refractivity contribution in [1.29, 1.82) is 0 Å². The molecule has 0 aromatic heterocycles. The van der Waals surface area contributed by atoms with E-state index in [4.69, 9.17) is 5.11 Å². The quantitative estimate of drug-likeness (QED) is 0.621. The van der Waals surface area contributed by atoms with Crippen LogP contribution >= 0.6 is 12.4 Å². The first-order chi connectivity index (χ1) is 5.77. The minimum Gasteiger partial charge on any atom is -0.396 e. The van der Waals surface area contributed by atoms with E-state index in [-0.39, 0.29) is 12.4 Å². The Morgan fingerprint density at radius 1 is 0.846 bits per heavy atom. The van der Waals surface area contributed by atoms with Gasteiger partial charge in [0.1, 0.15) is 0 Å². The Kier molecular flexibility index (Phi) is 14.7. The summed E-state index contributed by atoms with van der Waals surface area (Å²) in [5.74, 6) is 0. The van der Waals surface area contributed by atoms with Gasteiger partial charge in [-0.3, -0.25) is 0 Å². The third-order valence-electron chi connectivity index (χ3n) is 2.01. The third kappa shape index (κ3) is 15.0. The minimum absolute atomic E-state index is 0. The molecule has 3 heteroatoms. The lowest BCUT2D eigenvalue weighted by Crippen LogP contribution is -2.12. The van der Waals surface area contributed by atoms with Crippen molar-refractivity contribution in [3.8, 4) is 0 Å². The van der Waals surface area contributed by atoms with Gasteiger partial charge in [0.25, 0.3) is 0 Å². The van der Waals surface area contributed by atoms with Crippen molar-refractivity contribution >= 4 is 12.4 Å². The molecule has 13 heavy (non-hydrogen) atoms. The highest BCUT2D eigenvalue weighted by molar-refractivity contribution is 5.85. The molecule has 0 aromatic rings. The standard InChI is InChI=1S/C10H23NO.ClH/c1-11(2)9-7-5-3-4-6-8-10-12;/h12H,3-10H2,1-2H3;1H. The smallest absolute Gasteiger partial charge is 0.0431 e. The summed E-state index contributed by atoms with van der Waals surface area (Å²) in [6.45, 7) is 1.57. The molecule has 0 unspecified atom stereocenters. The Morgan fingerprint density at radius 2 is 1.31 bits per heavy atom. The van der Waals surface area contributed by atoms with E-state index in [0.717, 1.165) is 6.42 Å². The highest BCUT2D eigenvalue weighted by atomic mass is 35.5. The number of hydrogen-bond acceptors (Lipinski definition) is 2. The lowest BCUT2D eigenvalue weighted by Gasteiger charge is -2.08. The summed E-state index contributed by atoms with van der Waals surface area (Å²) < 4.78 is 0. The molecule has 0 atom stereocenters. The molecule has 2 nitrogen and oxygen atoms in total. The lowest BCUT2D eigenvalue weighted by molar-refractivity contribution is 0.282. The third-order valence-corrected chi connectivity index (χ3v) is 2.01. The molecule has 0 bridgehead atoms. The van der Waals surface area contributed by atoms with Crippen LogP contribution in [0.1, 0.15) is 38.5 Å². The van der Waals surface area contributed by atoms with Crippen molar-refractivity contribution in [3.63, 3.8) is 0 Å². The average molecular weight is 210 g/mol. The zero-order valence-electron chi connectivity index (χ0n) is 8.96. The normalized spacial score (nSPS) is 10.2. The molecule has 0 fully saturated rings. The Labute approximate surface area is 88.7 Å². The molecule has 0 saturated heterocycles. The van der Waals surface area contributed by atoms with E-state index in [1.807, 2.05) is 0 Å². The summed E-state index contributed by atoms with van der Waals surface area (Å²) in [4.78, 5) is 2.23. The van der Waals surface area contributed by atoms with E-state index in [0.29, 0.717) is 6.61 Å². The second kappa shape index (κ2) is 12.2. The summed E-state index contributed by atoms with van der Waals surface area (Å²) in [7, 11) is 4.23. The van der Waals surface area contributed by atoms with Crippen LogP contribution in [-0.2, 0) is 0 Å². The van der Waals surface area contributed by atoms with Gasteiger partial charge in [-0.25, -0.2) is 0 Å². The van der Waals surface area contributed by atoms with Crippen LogP contribution in [0.5, 0.6) is 0 Å². The van der Waals surface area contributed by atoms with Crippen molar-refractivity contribution in [2.24, 2.45) is 0 Å². The van der Waals surface area contributed by atoms with E-state index in [9.17, 15) is 0 Å². The van der Waals surface area contributed by atoms with Gasteiger partial charge >= 0.3 is 0 Å². The van der Waals surface area contributed by atoms with Gasteiger partial charge in [-0.1, -0.05) is 25.7 Å². The van der Waals surface area contributed by atoms with Gasteiger partial charge in [0.05, 0.1) is 0 Å². The van der Waals surface area contributed by atoms with E-state index in [2.05, 4.69) is 19.0 Å². The van der Waals surface area contributed by atoms with Crippen LogP contribution in [0.15, 0.2) is 0 Å². The lowest BCUT2D eigenvalue weighted by atomic mass is 10.1. The molecule has 0 aliphatic rings. The fraction of sp³-hybridized carbons (Fsp3) is 1.00. The van der Waals surface area contributed by atoms with Crippen LogP contribution in [0.2, 0.25) is 0 Å². The van der Waals surface area contributed by atoms with Crippen molar-refractivity contribution < 1.29 is 5.11 Å². The first-order valence-electron chi connectivity index (χ1n) is 5.03. The molecular weight excluding hydrogens is 186 g/mol. The van der Waals surface area contributed by atoms with E-state index in [1.54, 1.807) is 0 Å². The summed E-state index contributed by atoms with van der Waals surface area (Å²) in [5.41, 5.74) is 0. The number of unbranched alkanes of at least 4 members (excludes halogenated alkanes) is 5. The van der Waals surface area contributed by atoms with Gasteiger partial charge < -0.3 is 10.0 Å². The first-order valence-corrected chi connectivity index (χ1v) is 5.03. The van der Waals surface area contributed by atoms with Crippen molar-refractivity contribution in [2.45, 2.75) is 38.5 Å². The molecule has 0 radical (unpaired) electrons. The van der Waals surface area contributed by atoms with E-state index >= 15 is 0 Å². The van der Waals surface area contributed by atoms with Crippen LogP contribution < -0.4 is 0 Å². The summed E-state index contributed by atoms with van der Waals surface area (Å²) in [6, 6.07) is 0. The van der Waals surface area contributed by atoms with Gasteiger partial charge in [0, 0.05) is 6.61 Å². The Morgan fingerprint density at radius 3 is 1.77 bits per heavy atom. The number of halogens is 1. The van der Waals surface area contributed by atoms with Crippen molar-refractivity contribution in [2.75, 3.05) is 27.2 Å².